The summed E-state index contributed by atoms with van der Waals surface area (Å²) in [5.41, 5.74) is -1.87. The second-order valence-electron chi connectivity index (χ2n) is 5.46. The normalized spacial score (nSPS) is 11.1. The van der Waals surface area contributed by atoms with Crippen LogP contribution in [-0.2, 0) is 6.18 Å². The van der Waals surface area contributed by atoms with Crippen LogP contribution in [0.3, 0.4) is 0 Å². The summed E-state index contributed by atoms with van der Waals surface area (Å²) in [5.74, 6) is -2.21. The van der Waals surface area contributed by atoms with Crippen LogP contribution in [0.1, 0.15) is 31.4 Å². The Labute approximate surface area is 170 Å². The number of nitrogens with zero attached hydrogens (tertiary/aromatic N) is 4. The number of nitrogens with one attached hydrogen (secondary N) is 1. The number of hydrogen-bond acceptors (Lipinski definition) is 9. The van der Waals surface area contributed by atoms with E-state index < -0.39 is 33.6 Å². The zero-order valence-electron chi connectivity index (χ0n) is 15.4. The van der Waals surface area contributed by atoms with Gasteiger partial charge in [0.2, 0.25) is 17.5 Å². The van der Waals surface area contributed by atoms with Crippen LogP contribution in [0.4, 0.5) is 18.3 Å². The Morgan fingerprint density at radius 2 is 1.73 bits per heavy atom. The first-order chi connectivity index (χ1) is 14.3. The second-order valence-corrected chi connectivity index (χ2v) is 6.46. The van der Waals surface area contributed by atoms with Crippen LogP contribution in [0.15, 0.2) is 30.7 Å². The van der Waals surface area contributed by atoms with E-state index in [2.05, 4.69) is 25.3 Å². The number of halogens is 3. The SMILES string of the molecule is COc1ncnc(OC)c1C(=O)Nc1nc(C(F)(F)F)c(C(=O)c2ccccn2)s1. The molecule has 3 heterocycles. The quantitative estimate of drug-likeness (QED) is 0.583. The maximum Gasteiger partial charge on any atom is 0.435 e. The molecule has 0 aromatic carbocycles. The average Bonchev–Trinajstić information content (AvgIpc) is 3.17. The molecule has 0 aliphatic rings. The summed E-state index contributed by atoms with van der Waals surface area (Å²) in [5, 5.41) is 1.74. The number of alkyl halides is 3. The highest BCUT2D eigenvalue weighted by Gasteiger charge is 2.40. The highest BCUT2D eigenvalue weighted by Crippen LogP contribution is 2.37. The molecule has 1 N–H and O–H groups in total. The Bertz CT molecular complexity index is 1070. The van der Waals surface area contributed by atoms with Gasteiger partial charge in [-0.1, -0.05) is 17.4 Å². The highest BCUT2D eigenvalue weighted by molar-refractivity contribution is 7.18. The zero-order valence-corrected chi connectivity index (χ0v) is 16.2. The molecule has 9 nitrogen and oxygen atoms in total. The Kier molecular flexibility index (Phi) is 5.91. The van der Waals surface area contributed by atoms with Crippen LogP contribution in [0, 0.1) is 0 Å². The predicted octanol–water partition coefficient (Wildman–Crippen LogP) is 2.85. The number of ether oxygens (including phenoxy) is 2. The van der Waals surface area contributed by atoms with Gasteiger partial charge < -0.3 is 9.47 Å². The van der Waals surface area contributed by atoms with Crippen LogP contribution in [0.5, 0.6) is 11.8 Å². The van der Waals surface area contributed by atoms with Crippen molar-refractivity contribution in [3.05, 3.63) is 52.6 Å². The Balaban J connectivity index is 2.00. The van der Waals surface area contributed by atoms with Crippen molar-refractivity contribution in [2.45, 2.75) is 6.18 Å². The minimum Gasteiger partial charge on any atom is -0.480 e. The van der Waals surface area contributed by atoms with Crippen molar-refractivity contribution in [3.8, 4) is 11.8 Å². The molecule has 0 bridgehead atoms. The number of pyridine rings is 1. The summed E-state index contributed by atoms with van der Waals surface area (Å²) < 4.78 is 50.3. The monoisotopic (exact) mass is 439 g/mol. The number of methoxy groups -OCH3 is 2. The van der Waals surface area contributed by atoms with Crippen LogP contribution >= 0.6 is 11.3 Å². The Hall–Kier alpha value is -3.61. The van der Waals surface area contributed by atoms with E-state index in [0.717, 1.165) is 6.33 Å². The summed E-state index contributed by atoms with van der Waals surface area (Å²) >= 11 is 0.364. The molecule has 0 atom stereocenters. The average molecular weight is 439 g/mol. The fourth-order valence-electron chi connectivity index (χ4n) is 2.35. The Morgan fingerprint density at radius 1 is 1.07 bits per heavy atom. The molecular weight excluding hydrogens is 427 g/mol. The van der Waals surface area contributed by atoms with Gasteiger partial charge in [0.15, 0.2) is 16.4 Å². The minimum atomic E-state index is -4.93. The zero-order chi connectivity index (χ0) is 21.9. The summed E-state index contributed by atoms with van der Waals surface area (Å²) in [6.07, 6.45) is -2.56. The number of aromatic nitrogens is 4. The molecule has 0 saturated heterocycles. The minimum absolute atomic E-state index is 0.156. The molecule has 156 valence electrons. The summed E-state index contributed by atoms with van der Waals surface area (Å²) in [6, 6.07) is 4.26. The maximum absolute atomic E-state index is 13.4. The maximum atomic E-state index is 13.4. The second kappa shape index (κ2) is 8.41. The van der Waals surface area contributed by atoms with Gasteiger partial charge in [0.05, 0.1) is 14.2 Å². The predicted molar refractivity (Wildman–Crippen MR) is 97.9 cm³/mol. The van der Waals surface area contributed by atoms with E-state index in [1.54, 1.807) is 0 Å². The largest absolute Gasteiger partial charge is 0.480 e. The summed E-state index contributed by atoms with van der Waals surface area (Å²) in [4.78, 5) is 39.1. The molecular formula is C17H12F3N5O4S. The van der Waals surface area contributed by atoms with Gasteiger partial charge in [-0.3, -0.25) is 19.9 Å². The lowest BCUT2D eigenvalue weighted by Gasteiger charge is -2.09. The molecule has 3 aromatic rings. The van der Waals surface area contributed by atoms with E-state index >= 15 is 0 Å². The standard InChI is InChI=1S/C17H12F3N5O4S/c1-28-14-9(15(29-2)23-7-22-14)13(27)25-16-24-12(17(18,19)20)11(30-16)10(26)8-5-3-4-6-21-8/h3-7H,1-2H3,(H,24,25,27). The van der Waals surface area contributed by atoms with Gasteiger partial charge in [0, 0.05) is 6.20 Å². The molecule has 0 spiro atoms. The van der Waals surface area contributed by atoms with Gasteiger partial charge in [-0.15, -0.1) is 0 Å². The van der Waals surface area contributed by atoms with Gasteiger partial charge in [0.25, 0.3) is 5.91 Å². The number of hydrogen-bond donors (Lipinski definition) is 1. The smallest absolute Gasteiger partial charge is 0.435 e. The molecule has 30 heavy (non-hydrogen) atoms. The third-order valence-corrected chi connectivity index (χ3v) is 4.58. The number of carbonyl (C=O) groups is 2. The third kappa shape index (κ3) is 4.20. The van der Waals surface area contributed by atoms with Gasteiger partial charge in [-0.05, 0) is 12.1 Å². The number of amides is 1. The molecule has 0 fully saturated rings. The molecule has 13 heteroatoms. The number of ketones is 1. The van der Waals surface area contributed by atoms with E-state index in [4.69, 9.17) is 9.47 Å². The number of anilines is 1. The van der Waals surface area contributed by atoms with Crippen molar-refractivity contribution in [2.24, 2.45) is 0 Å². The first-order valence-electron chi connectivity index (χ1n) is 8.04. The van der Waals surface area contributed by atoms with E-state index in [0.29, 0.717) is 11.3 Å². The molecule has 3 rings (SSSR count). The molecule has 0 aliphatic heterocycles. The van der Waals surface area contributed by atoms with E-state index in [9.17, 15) is 22.8 Å². The van der Waals surface area contributed by atoms with Crippen LogP contribution in [-0.4, -0.2) is 45.8 Å². The number of rotatable bonds is 6. The van der Waals surface area contributed by atoms with Gasteiger partial charge in [-0.2, -0.15) is 13.2 Å². The van der Waals surface area contributed by atoms with Gasteiger partial charge in [-0.25, -0.2) is 15.0 Å². The van der Waals surface area contributed by atoms with Gasteiger partial charge >= 0.3 is 6.18 Å². The number of carbonyl (C=O) groups excluding carboxylic acids is 2. The lowest BCUT2D eigenvalue weighted by Crippen LogP contribution is -2.16. The first kappa shape index (κ1) is 21.1. The molecule has 0 radical (unpaired) electrons. The summed E-state index contributed by atoms with van der Waals surface area (Å²) in [7, 11) is 2.49. The third-order valence-electron chi connectivity index (χ3n) is 3.61. The molecule has 0 aliphatic carbocycles. The van der Waals surface area contributed by atoms with Crippen molar-refractivity contribution in [1.29, 1.82) is 0 Å². The molecule has 0 saturated carbocycles. The van der Waals surface area contributed by atoms with Crippen LogP contribution in [0.25, 0.3) is 0 Å². The van der Waals surface area contributed by atoms with Crippen molar-refractivity contribution in [1.82, 2.24) is 19.9 Å². The van der Waals surface area contributed by atoms with Gasteiger partial charge in [0.1, 0.15) is 16.9 Å². The molecule has 0 unspecified atom stereocenters. The van der Waals surface area contributed by atoms with E-state index in [-0.39, 0.29) is 23.0 Å². The molecule has 3 aromatic heterocycles. The topological polar surface area (TPSA) is 116 Å². The van der Waals surface area contributed by atoms with E-state index in [1.165, 1.54) is 38.6 Å². The lowest BCUT2D eigenvalue weighted by atomic mass is 10.2. The fourth-order valence-corrected chi connectivity index (χ4v) is 3.28. The fraction of sp³-hybridized carbons (Fsp3) is 0.176. The van der Waals surface area contributed by atoms with Crippen LogP contribution < -0.4 is 14.8 Å². The Morgan fingerprint density at radius 3 is 2.27 bits per heavy atom. The lowest BCUT2D eigenvalue weighted by molar-refractivity contribution is -0.140. The number of thiazole rings is 1. The van der Waals surface area contributed by atoms with Crippen molar-refractivity contribution in [2.75, 3.05) is 19.5 Å². The van der Waals surface area contributed by atoms with Crippen molar-refractivity contribution < 1.29 is 32.2 Å². The molecule has 1 amide bonds. The first-order valence-corrected chi connectivity index (χ1v) is 8.86. The van der Waals surface area contributed by atoms with Crippen LogP contribution in [0.2, 0.25) is 0 Å². The summed E-state index contributed by atoms with van der Waals surface area (Å²) in [6.45, 7) is 0. The van der Waals surface area contributed by atoms with Crippen molar-refractivity contribution in [3.63, 3.8) is 0 Å². The van der Waals surface area contributed by atoms with E-state index in [1.807, 2.05) is 0 Å². The highest BCUT2D eigenvalue weighted by atomic mass is 32.1. The van der Waals surface area contributed by atoms with Crippen molar-refractivity contribution >= 4 is 28.2 Å².